The zero-order chi connectivity index (χ0) is 12.3. The van der Waals surface area contributed by atoms with Gasteiger partial charge in [0, 0.05) is 18.3 Å². The summed E-state index contributed by atoms with van der Waals surface area (Å²) in [7, 11) is 0. The van der Waals surface area contributed by atoms with Crippen LogP contribution in [0.5, 0.6) is 0 Å². The molecule has 0 heterocycles. The highest BCUT2D eigenvalue weighted by Gasteiger charge is 2.26. The number of hydrogen-bond acceptors (Lipinski definition) is 2. The molecule has 1 aliphatic rings. The van der Waals surface area contributed by atoms with E-state index in [0.717, 1.165) is 30.0 Å². The molecule has 2 amide bonds. The van der Waals surface area contributed by atoms with Crippen LogP contribution in [0.1, 0.15) is 25.3 Å². The van der Waals surface area contributed by atoms with Gasteiger partial charge in [-0.3, -0.25) is 0 Å². The van der Waals surface area contributed by atoms with Gasteiger partial charge in [0.1, 0.15) is 0 Å². The van der Waals surface area contributed by atoms with Crippen LogP contribution in [0, 0.1) is 5.92 Å². The molecule has 4 heteroatoms. The molecule has 1 aliphatic carbocycles. The summed E-state index contributed by atoms with van der Waals surface area (Å²) in [4.78, 5) is 11.7. The van der Waals surface area contributed by atoms with E-state index in [1.54, 1.807) is 0 Å². The molecule has 0 spiro atoms. The van der Waals surface area contributed by atoms with Crippen molar-refractivity contribution in [1.29, 1.82) is 0 Å². The third kappa shape index (κ3) is 3.20. The van der Waals surface area contributed by atoms with Crippen molar-refractivity contribution in [2.24, 2.45) is 11.7 Å². The molecule has 1 saturated carbocycles. The van der Waals surface area contributed by atoms with Crippen LogP contribution in [0.2, 0.25) is 0 Å². The Morgan fingerprint density at radius 3 is 2.88 bits per heavy atom. The molecule has 4 N–H and O–H groups in total. The number of amides is 2. The summed E-state index contributed by atoms with van der Waals surface area (Å²) >= 11 is 0. The Morgan fingerprint density at radius 1 is 1.47 bits per heavy atom. The normalized spacial score (nSPS) is 22.7. The van der Waals surface area contributed by atoms with Crippen molar-refractivity contribution in [3.8, 4) is 0 Å². The molecule has 2 rings (SSSR count). The van der Waals surface area contributed by atoms with Gasteiger partial charge in [-0.25, -0.2) is 4.79 Å². The molecule has 0 aromatic heterocycles. The van der Waals surface area contributed by atoms with Crippen LogP contribution in [0.25, 0.3) is 0 Å². The first-order chi connectivity index (χ1) is 8.17. The molecule has 0 saturated heterocycles. The second-order valence-electron chi connectivity index (χ2n) is 4.78. The molecule has 0 unspecified atom stereocenters. The van der Waals surface area contributed by atoms with E-state index in [1.807, 2.05) is 24.3 Å². The number of benzene rings is 1. The number of urea groups is 1. The lowest BCUT2D eigenvalue weighted by molar-refractivity contribution is 0.219. The third-order valence-corrected chi connectivity index (χ3v) is 3.13. The average molecular weight is 233 g/mol. The molecule has 0 bridgehead atoms. The van der Waals surface area contributed by atoms with Gasteiger partial charge in [0.05, 0.1) is 0 Å². The smallest absolute Gasteiger partial charge is 0.319 e. The van der Waals surface area contributed by atoms with Crippen LogP contribution in [0.3, 0.4) is 0 Å². The molecular formula is C13H19N3O. The molecule has 0 radical (unpaired) electrons. The van der Waals surface area contributed by atoms with Crippen LogP contribution >= 0.6 is 0 Å². The Balaban J connectivity index is 1.85. The lowest BCUT2D eigenvalue weighted by Gasteiger charge is -2.33. The summed E-state index contributed by atoms with van der Waals surface area (Å²) in [5, 5.41) is 5.78. The SMILES string of the molecule is CC1CC(NC(=O)Nc2cccc(CN)c2)C1. The Bertz CT molecular complexity index is 399. The Labute approximate surface area is 102 Å². The monoisotopic (exact) mass is 233 g/mol. The number of anilines is 1. The van der Waals surface area contributed by atoms with Gasteiger partial charge in [-0.2, -0.15) is 0 Å². The van der Waals surface area contributed by atoms with E-state index in [9.17, 15) is 4.79 Å². The zero-order valence-corrected chi connectivity index (χ0v) is 10.1. The molecule has 0 atom stereocenters. The van der Waals surface area contributed by atoms with Crippen LogP contribution in [-0.4, -0.2) is 12.1 Å². The first kappa shape index (κ1) is 11.9. The average Bonchev–Trinajstić information content (AvgIpc) is 2.27. The van der Waals surface area contributed by atoms with Gasteiger partial charge in [0.2, 0.25) is 0 Å². The summed E-state index contributed by atoms with van der Waals surface area (Å²) in [6.07, 6.45) is 2.16. The minimum absolute atomic E-state index is 0.129. The highest BCUT2D eigenvalue weighted by Crippen LogP contribution is 2.26. The standard InChI is InChI=1S/C13H19N3O/c1-9-5-12(6-9)16-13(17)15-11-4-2-3-10(7-11)8-14/h2-4,7,9,12H,5-6,8,14H2,1H3,(H2,15,16,17). The number of nitrogens with two attached hydrogens (primary N) is 1. The molecule has 92 valence electrons. The van der Waals surface area contributed by atoms with Gasteiger partial charge < -0.3 is 16.4 Å². The summed E-state index contributed by atoms with van der Waals surface area (Å²) in [6, 6.07) is 7.80. The van der Waals surface area contributed by atoms with Crippen molar-refractivity contribution in [1.82, 2.24) is 5.32 Å². The zero-order valence-electron chi connectivity index (χ0n) is 10.1. The van der Waals surface area contributed by atoms with Crippen molar-refractivity contribution in [2.45, 2.75) is 32.4 Å². The fourth-order valence-corrected chi connectivity index (χ4v) is 2.15. The minimum Gasteiger partial charge on any atom is -0.335 e. The molecule has 17 heavy (non-hydrogen) atoms. The van der Waals surface area contributed by atoms with Crippen molar-refractivity contribution in [3.63, 3.8) is 0 Å². The lowest BCUT2D eigenvalue weighted by Crippen LogP contribution is -2.45. The van der Waals surface area contributed by atoms with E-state index in [0.29, 0.717) is 12.6 Å². The van der Waals surface area contributed by atoms with E-state index in [1.165, 1.54) is 0 Å². The third-order valence-electron chi connectivity index (χ3n) is 3.13. The molecule has 1 fully saturated rings. The number of hydrogen-bond donors (Lipinski definition) is 3. The summed E-state index contributed by atoms with van der Waals surface area (Å²) < 4.78 is 0. The van der Waals surface area contributed by atoms with Crippen molar-refractivity contribution >= 4 is 11.7 Å². The van der Waals surface area contributed by atoms with Gasteiger partial charge >= 0.3 is 6.03 Å². The van der Waals surface area contributed by atoms with Gasteiger partial charge in [0.25, 0.3) is 0 Å². The Kier molecular flexibility index (Phi) is 3.64. The predicted molar refractivity (Wildman–Crippen MR) is 68.7 cm³/mol. The van der Waals surface area contributed by atoms with Gasteiger partial charge in [0.15, 0.2) is 0 Å². The summed E-state index contributed by atoms with van der Waals surface area (Å²) in [6.45, 7) is 2.68. The topological polar surface area (TPSA) is 67.2 Å². The molecule has 1 aromatic rings. The van der Waals surface area contributed by atoms with Crippen molar-refractivity contribution in [2.75, 3.05) is 5.32 Å². The van der Waals surface area contributed by atoms with Crippen molar-refractivity contribution in [3.05, 3.63) is 29.8 Å². The highest BCUT2D eigenvalue weighted by atomic mass is 16.2. The van der Waals surface area contributed by atoms with Crippen LogP contribution in [0.15, 0.2) is 24.3 Å². The minimum atomic E-state index is -0.129. The highest BCUT2D eigenvalue weighted by molar-refractivity contribution is 5.89. The largest absolute Gasteiger partial charge is 0.335 e. The van der Waals surface area contributed by atoms with Gasteiger partial charge in [-0.1, -0.05) is 19.1 Å². The molecule has 1 aromatic carbocycles. The Morgan fingerprint density at radius 2 is 2.24 bits per heavy atom. The van der Waals surface area contributed by atoms with E-state index >= 15 is 0 Å². The van der Waals surface area contributed by atoms with E-state index in [-0.39, 0.29) is 6.03 Å². The van der Waals surface area contributed by atoms with Crippen LogP contribution in [-0.2, 0) is 6.54 Å². The van der Waals surface area contributed by atoms with Crippen LogP contribution < -0.4 is 16.4 Å². The van der Waals surface area contributed by atoms with Crippen molar-refractivity contribution < 1.29 is 4.79 Å². The predicted octanol–water partition coefficient (Wildman–Crippen LogP) is 2.07. The van der Waals surface area contributed by atoms with Gasteiger partial charge in [-0.05, 0) is 36.5 Å². The first-order valence-corrected chi connectivity index (χ1v) is 6.04. The molecule has 0 aliphatic heterocycles. The second-order valence-corrected chi connectivity index (χ2v) is 4.78. The number of carbonyl (C=O) groups excluding carboxylic acids is 1. The van der Waals surface area contributed by atoms with Gasteiger partial charge in [-0.15, -0.1) is 0 Å². The second kappa shape index (κ2) is 5.19. The number of rotatable bonds is 3. The fourth-order valence-electron chi connectivity index (χ4n) is 2.15. The molecular weight excluding hydrogens is 214 g/mol. The maximum absolute atomic E-state index is 11.7. The van der Waals surface area contributed by atoms with E-state index < -0.39 is 0 Å². The fraction of sp³-hybridized carbons (Fsp3) is 0.462. The number of nitrogens with one attached hydrogen (secondary N) is 2. The Hall–Kier alpha value is -1.55. The quantitative estimate of drug-likeness (QED) is 0.748. The summed E-state index contributed by atoms with van der Waals surface area (Å²) in [5.74, 6) is 0.737. The maximum atomic E-state index is 11.7. The van der Waals surface area contributed by atoms with E-state index in [2.05, 4.69) is 17.6 Å². The summed E-state index contributed by atoms with van der Waals surface area (Å²) in [5.41, 5.74) is 7.35. The van der Waals surface area contributed by atoms with E-state index in [4.69, 9.17) is 5.73 Å². The number of carbonyl (C=O) groups is 1. The molecule has 4 nitrogen and oxygen atoms in total. The maximum Gasteiger partial charge on any atom is 0.319 e. The van der Waals surface area contributed by atoms with Crippen LogP contribution in [0.4, 0.5) is 10.5 Å². The lowest BCUT2D eigenvalue weighted by atomic mass is 9.82. The first-order valence-electron chi connectivity index (χ1n) is 6.04.